The van der Waals surface area contributed by atoms with Gasteiger partial charge in [-0.25, -0.2) is 17.5 Å². The fraction of sp³-hybridized carbons (Fsp3) is 0.600. The van der Waals surface area contributed by atoms with E-state index in [2.05, 4.69) is 11.6 Å². The fourth-order valence-corrected chi connectivity index (χ4v) is 4.68. The molecule has 1 aromatic rings. The third-order valence-corrected chi connectivity index (χ3v) is 6.00. The molecule has 20 heavy (non-hydrogen) atoms. The van der Waals surface area contributed by atoms with E-state index < -0.39 is 15.8 Å². The van der Waals surface area contributed by atoms with E-state index >= 15 is 0 Å². The summed E-state index contributed by atoms with van der Waals surface area (Å²) in [6.45, 7) is 5.89. The minimum absolute atomic E-state index is 0.213. The molecule has 112 valence electrons. The van der Waals surface area contributed by atoms with Crippen molar-refractivity contribution in [3.63, 3.8) is 0 Å². The molecule has 0 spiro atoms. The van der Waals surface area contributed by atoms with Crippen molar-refractivity contribution < 1.29 is 12.8 Å². The first-order valence-corrected chi connectivity index (χ1v) is 8.56. The van der Waals surface area contributed by atoms with Crippen molar-refractivity contribution in [2.75, 3.05) is 6.54 Å². The van der Waals surface area contributed by atoms with Crippen LogP contribution >= 0.6 is 0 Å². The van der Waals surface area contributed by atoms with E-state index in [-0.39, 0.29) is 4.90 Å². The van der Waals surface area contributed by atoms with Crippen LogP contribution < -0.4 is 4.72 Å². The first kappa shape index (κ1) is 15.4. The normalized spacial score (nSPS) is 23.2. The highest BCUT2D eigenvalue weighted by Gasteiger charge is 2.26. The van der Waals surface area contributed by atoms with E-state index in [4.69, 9.17) is 0 Å². The Morgan fingerprint density at radius 1 is 1.25 bits per heavy atom. The van der Waals surface area contributed by atoms with Crippen LogP contribution in [-0.4, -0.2) is 15.0 Å². The summed E-state index contributed by atoms with van der Waals surface area (Å²) in [7, 11) is -3.57. The van der Waals surface area contributed by atoms with Crippen molar-refractivity contribution in [2.45, 2.75) is 44.9 Å². The highest BCUT2D eigenvalue weighted by atomic mass is 32.2. The van der Waals surface area contributed by atoms with Gasteiger partial charge in [-0.3, -0.25) is 0 Å². The lowest BCUT2D eigenvalue weighted by molar-refractivity contribution is 0.414. The Morgan fingerprint density at radius 3 is 2.35 bits per heavy atom. The molecule has 0 saturated heterocycles. The number of hydrogen-bond donors (Lipinski definition) is 1. The average Bonchev–Trinajstić information content (AvgIpc) is 2.70. The molecule has 0 amide bonds. The summed E-state index contributed by atoms with van der Waals surface area (Å²) >= 11 is 0. The van der Waals surface area contributed by atoms with Crippen LogP contribution in [0.3, 0.4) is 0 Å². The van der Waals surface area contributed by atoms with Crippen LogP contribution in [0.2, 0.25) is 0 Å². The zero-order chi connectivity index (χ0) is 14.9. The molecule has 0 aromatic heterocycles. The highest BCUT2D eigenvalue weighted by Crippen LogP contribution is 2.31. The fourth-order valence-electron chi connectivity index (χ4n) is 3.14. The number of sulfonamides is 1. The Hall–Kier alpha value is -0.940. The van der Waals surface area contributed by atoms with E-state index in [1.165, 1.54) is 25.0 Å². The minimum atomic E-state index is -3.57. The lowest BCUT2D eigenvalue weighted by atomic mass is 9.99. The van der Waals surface area contributed by atoms with Crippen molar-refractivity contribution in [2.24, 2.45) is 11.8 Å². The molecule has 1 aromatic carbocycles. The van der Waals surface area contributed by atoms with E-state index in [1.54, 1.807) is 13.8 Å². The van der Waals surface area contributed by atoms with Gasteiger partial charge in [0.05, 0.1) is 4.90 Å². The Kier molecular flexibility index (Phi) is 4.49. The van der Waals surface area contributed by atoms with Crippen LogP contribution in [0.1, 0.15) is 37.3 Å². The largest absolute Gasteiger partial charge is 0.241 e. The smallest absolute Gasteiger partial charge is 0.211 e. The standard InChI is InChI=1S/C15H22FNO2S/c1-10-5-4-6-13(10)9-17-20(18,19)15-11(2)7-14(16)8-12(15)3/h7-8,10,13,17H,4-6,9H2,1-3H3. The molecule has 1 saturated carbocycles. The number of hydrogen-bond acceptors (Lipinski definition) is 2. The van der Waals surface area contributed by atoms with Crippen molar-refractivity contribution in [3.8, 4) is 0 Å². The third kappa shape index (κ3) is 3.20. The molecular weight excluding hydrogens is 277 g/mol. The zero-order valence-electron chi connectivity index (χ0n) is 12.2. The highest BCUT2D eigenvalue weighted by molar-refractivity contribution is 7.89. The van der Waals surface area contributed by atoms with Gasteiger partial charge in [-0.05, 0) is 55.4 Å². The molecule has 1 aliphatic carbocycles. The van der Waals surface area contributed by atoms with Gasteiger partial charge in [0.15, 0.2) is 0 Å². The van der Waals surface area contributed by atoms with Crippen molar-refractivity contribution in [1.82, 2.24) is 4.72 Å². The predicted molar refractivity (Wildman–Crippen MR) is 77.6 cm³/mol. The number of nitrogens with one attached hydrogen (secondary N) is 1. The quantitative estimate of drug-likeness (QED) is 0.928. The average molecular weight is 299 g/mol. The molecule has 3 nitrogen and oxygen atoms in total. The summed E-state index contributed by atoms with van der Waals surface area (Å²) in [6, 6.07) is 2.53. The Labute approximate surface area is 120 Å². The van der Waals surface area contributed by atoms with Gasteiger partial charge >= 0.3 is 0 Å². The summed E-state index contributed by atoms with van der Waals surface area (Å²) in [4.78, 5) is 0.213. The molecule has 1 fully saturated rings. The van der Waals surface area contributed by atoms with Crippen molar-refractivity contribution >= 4 is 10.0 Å². The molecule has 2 atom stereocenters. The second-order valence-corrected chi connectivity index (χ2v) is 7.59. The van der Waals surface area contributed by atoms with Gasteiger partial charge in [-0.1, -0.05) is 19.8 Å². The SMILES string of the molecule is Cc1cc(F)cc(C)c1S(=O)(=O)NCC1CCCC1C. The molecule has 2 unspecified atom stereocenters. The minimum Gasteiger partial charge on any atom is -0.211 e. The second kappa shape index (κ2) is 5.82. The zero-order valence-corrected chi connectivity index (χ0v) is 13.1. The van der Waals surface area contributed by atoms with Crippen LogP contribution in [0.15, 0.2) is 17.0 Å². The maximum atomic E-state index is 13.3. The van der Waals surface area contributed by atoms with Crippen molar-refractivity contribution in [1.29, 1.82) is 0 Å². The first-order valence-electron chi connectivity index (χ1n) is 7.07. The Morgan fingerprint density at radius 2 is 1.85 bits per heavy atom. The summed E-state index contributed by atoms with van der Waals surface area (Å²) in [6.07, 6.45) is 3.41. The Bertz CT molecular complexity index is 575. The molecule has 1 aliphatic rings. The van der Waals surface area contributed by atoms with Gasteiger partial charge in [-0.15, -0.1) is 0 Å². The topological polar surface area (TPSA) is 46.2 Å². The van der Waals surface area contributed by atoms with Gasteiger partial charge in [0.1, 0.15) is 5.82 Å². The summed E-state index contributed by atoms with van der Waals surface area (Å²) in [5.41, 5.74) is 0.906. The maximum Gasteiger partial charge on any atom is 0.241 e. The van der Waals surface area contributed by atoms with E-state index in [0.717, 1.165) is 6.42 Å². The molecule has 0 bridgehead atoms. The van der Waals surface area contributed by atoms with Crippen LogP contribution in [0, 0.1) is 31.5 Å². The lowest BCUT2D eigenvalue weighted by Gasteiger charge is -2.17. The van der Waals surface area contributed by atoms with Crippen molar-refractivity contribution in [3.05, 3.63) is 29.1 Å². The van der Waals surface area contributed by atoms with E-state index in [9.17, 15) is 12.8 Å². The predicted octanol–water partition coefficient (Wildman–Crippen LogP) is 3.16. The monoisotopic (exact) mass is 299 g/mol. The maximum absolute atomic E-state index is 13.3. The van der Waals surface area contributed by atoms with Crippen LogP contribution in [0.4, 0.5) is 4.39 Å². The molecule has 5 heteroatoms. The van der Waals surface area contributed by atoms with Gasteiger partial charge in [-0.2, -0.15) is 0 Å². The number of rotatable bonds is 4. The van der Waals surface area contributed by atoms with Crippen LogP contribution in [-0.2, 0) is 10.0 Å². The number of halogens is 1. The van der Waals surface area contributed by atoms with E-state index in [0.29, 0.717) is 29.5 Å². The van der Waals surface area contributed by atoms with Gasteiger partial charge < -0.3 is 0 Å². The van der Waals surface area contributed by atoms with Gasteiger partial charge in [0.25, 0.3) is 0 Å². The molecule has 0 radical (unpaired) electrons. The van der Waals surface area contributed by atoms with E-state index in [1.807, 2.05) is 0 Å². The summed E-state index contributed by atoms with van der Waals surface area (Å²) < 4.78 is 40.8. The molecule has 2 rings (SSSR count). The second-order valence-electron chi connectivity index (χ2n) is 5.89. The number of benzene rings is 1. The first-order chi connectivity index (χ1) is 9.31. The molecule has 0 heterocycles. The number of aryl methyl sites for hydroxylation is 2. The lowest BCUT2D eigenvalue weighted by Crippen LogP contribution is -2.31. The van der Waals surface area contributed by atoms with Crippen LogP contribution in [0.5, 0.6) is 0 Å². The van der Waals surface area contributed by atoms with Gasteiger partial charge in [0, 0.05) is 6.54 Å². The molecular formula is C15H22FNO2S. The van der Waals surface area contributed by atoms with Gasteiger partial charge in [0.2, 0.25) is 10.0 Å². The summed E-state index contributed by atoms with van der Waals surface area (Å²) in [5.74, 6) is 0.572. The third-order valence-electron chi connectivity index (χ3n) is 4.27. The molecule has 1 N–H and O–H groups in total. The summed E-state index contributed by atoms with van der Waals surface area (Å²) in [5, 5.41) is 0. The molecule has 0 aliphatic heterocycles. The Balaban J connectivity index is 2.18. The van der Waals surface area contributed by atoms with Crippen LogP contribution in [0.25, 0.3) is 0 Å².